The van der Waals surface area contributed by atoms with Crippen molar-refractivity contribution in [2.75, 3.05) is 11.1 Å². The lowest BCUT2D eigenvalue weighted by Crippen LogP contribution is -2.14. The lowest BCUT2D eigenvalue weighted by molar-refractivity contribution is -0.117. The van der Waals surface area contributed by atoms with E-state index in [1.54, 1.807) is 12.4 Å². The molecule has 0 bridgehead atoms. The first-order chi connectivity index (χ1) is 13.1. The van der Waals surface area contributed by atoms with Gasteiger partial charge in [-0.2, -0.15) is 0 Å². The predicted molar refractivity (Wildman–Crippen MR) is 106 cm³/mol. The van der Waals surface area contributed by atoms with Crippen LogP contribution in [0.15, 0.2) is 49.1 Å². The molecule has 0 spiro atoms. The minimum absolute atomic E-state index is 0.0478. The number of fused-ring (bicyclic) bond motifs is 2. The molecule has 1 aliphatic rings. The van der Waals surface area contributed by atoms with E-state index >= 15 is 0 Å². The van der Waals surface area contributed by atoms with Crippen molar-refractivity contribution in [3.8, 4) is 11.1 Å². The molecular formula is C21H19N5O. The number of nitrogens with two attached hydrogens (primary N) is 1. The lowest BCUT2D eigenvalue weighted by atomic mass is 9.98. The standard InChI is InChI=1S/C21H19N5O/c1-12-11-26-5-4-23-20(26)9-16(12)14-6-15-8-19(25-21(27)13-2-3-13)24-10-17(15)18(22)7-14/h4-11,13H,2-3,22H2,1H3,(H,24,25,27). The second-order valence-corrected chi connectivity index (χ2v) is 7.18. The van der Waals surface area contributed by atoms with E-state index in [1.807, 2.05) is 22.7 Å². The molecule has 4 aromatic rings. The maximum absolute atomic E-state index is 12.0. The highest BCUT2D eigenvalue weighted by Crippen LogP contribution is 2.33. The van der Waals surface area contributed by atoms with Gasteiger partial charge in [-0.05, 0) is 66.1 Å². The molecule has 3 aromatic heterocycles. The summed E-state index contributed by atoms with van der Waals surface area (Å²) >= 11 is 0. The van der Waals surface area contributed by atoms with E-state index in [1.165, 1.54) is 0 Å². The first kappa shape index (κ1) is 15.8. The van der Waals surface area contributed by atoms with E-state index in [2.05, 4.69) is 40.5 Å². The Kier molecular flexibility index (Phi) is 3.40. The number of amides is 1. The second kappa shape index (κ2) is 5.81. The summed E-state index contributed by atoms with van der Waals surface area (Å²) in [7, 11) is 0. The molecule has 0 atom stereocenters. The third-order valence-electron chi connectivity index (χ3n) is 5.11. The molecule has 134 valence electrons. The molecule has 3 N–H and O–H groups in total. The predicted octanol–water partition coefficient (Wildman–Crippen LogP) is 3.79. The topological polar surface area (TPSA) is 85.3 Å². The molecule has 1 fully saturated rings. The average molecular weight is 357 g/mol. The number of aromatic nitrogens is 3. The van der Waals surface area contributed by atoms with Gasteiger partial charge in [-0.15, -0.1) is 0 Å². The third kappa shape index (κ3) is 2.79. The molecule has 0 saturated heterocycles. The maximum atomic E-state index is 12.0. The zero-order chi connectivity index (χ0) is 18.5. The van der Waals surface area contributed by atoms with Crippen LogP contribution in [0.5, 0.6) is 0 Å². The maximum Gasteiger partial charge on any atom is 0.228 e. The van der Waals surface area contributed by atoms with Gasteiger partial charge in [-0.1, -0.05) is 0 Å². The van der Waals surface area contributed by atoms with Gasteiger partial charge < -0.3 is 15.5 Å². The molecule has 1 aliphatic carbocycles. The highest BCUT2D eigenvalue weighted by atomic mass is 16.2. The molecule has 3 heterocycles. The average Bonchev–Trinajstić information content (AvgIpc) is 3.40. The van der Waals surface area contributed by atoms with Gasteiger partial charge in [0.2, 0.25) is 5.91 Å². The fourth-order valence-corrected chi connectivity index (χ4v) is 3.46. The van der Waals surface area contributed by atoms with Gasteiger partial charge in [-0.25, -0.2) is 9.97 Å². The van der Waals surface area contributed by atoms with Gasteiger partial charge in [0, 0.05) is 41.8 Å². The van der Waals surface area contributed by atoms with Crippen molar-refractivity contribution in [2.45, 2.75) is 19.8 Å². The second-order valence-electron chi connectivity index (χ2n) is 7.18. The number of nitrogens with one attached hydrogen (secondary N) is 1. The molecule has 5 rings (SSSR count). The fraction of sp³-hybridized carbons (Fsp3) is 0.190. The van der Waals surface area contributed by atoms with Gasteiger partial charge in [0.05, 0.1) is 0 Å². The number of imidazole rings is 1. The molecule has 1 aromatic carbocycles. The largest absolute Gasteiger partial charge is 0.398 e. The van der Waals surface area contributed by atoms with Gasteiger partial charge >= 0.3 is 0 Å². The Bertz CT molecular complexity index is 1210. The van der Waals surface area contributed by atoms with E-state index in [-0.39, 0.29) is 11.8 Å². The number of aryl methyl sites for hydroxylation is 1. The number of hydrogen-bond acceptors (Lipinski definition) is 4. The molecule has 27 heavy (non-hydrogen) atoms. The number of nitrogens with zero attached hydrogens (tertiary/aromatic N) is 3. The molecule has 6 heteroatoms. The Hall–Kier alpha value is -3.41. The molecule has 0 unspecified atom stereocenters. The fourth-order valence-electron chi connectivity index (χ4n) is 3.46. The lowest BCUT2D eigenvalue weighted by Gasteiger charge is -2.12. The first-order valence-corrected chi connectivity index (χ1v) is 9.02. The van der Waals surface area contributed by atoms with Crippen LogP contribution in [0.25, 0.3) is 27.5 Å². The summed E-state index contributed by atoms with van der Waals surface area (Å²) in [6.45, 7) is 2.07. The SMILES string of the molecule is Cc1cn2ccnc2cc1-c1cc(N)c2cnc(NC(=O)C3CC3)cc2c1. The van der Waals surface area contributed by atoms with E-state index in [0.29, 0.717) is 11.5 Å². The number of rotatable bonds is 3. The summed E-state index contributed by atoms with van der Waals surface area (Å²) in [6, 6.07) is 8.00. The number of nitrogen functional groups attached to an aromatic ring is 1. The van der Waals surface area contributed by atoms with Crippen LogP contribution >= 0.6 is 0 Å². The van der Waals surface area contributed by atoms with E-state index in [4.69, 9.17) is 5.73 Å². The summed E-state index contributed by atoms with van der Waals surface area (Å²) < 4.78 is 2.00. The molecule has 6 nitrogen and oxygen atoms in total. The van der Waals surface area contributed by atoms with Crippen molar-refractivity contribution in [3.63, 3.8) is 0 Å². The summed E-state index contributed by atoms with van der Waals surface area (Å²) in [5, 5.41) is 4.73. The number of anilines is 2. The van der Waals surface area contributed by atoms with E-state index in [9.17, 15) is 4.79 Å². The number of benzene rings is 1. The Morgan fingerprint density at radius 2 is 2.07 bits per heavy atom. The molecular weight excluding hydrogens is 338 g/mol. The summed E-state index contributed by atoms with van der Waals surface area (Å²) in [5.74, 6) is 0.755. The summed E-state index contributed by atoms with van der Waals surface area (Å²) in [6.07, 6.45) is 9.43. The summed E-state index contributed by atoms with van der Waals surface area (Å²) in [4.78, 5) is 20.7. The monoisotopic (exact) mass is 357 g/mol. The Morgan fingerprint density at radius 1 is 1.22 bits per heavy atom. The summed E-state index contributed by atoms with van der Waals surface area (Å²) in [5.41, 5.74) is 11.1. The van der Waals surface area contributed by atoms with Crippen molar-refractivity contribution in [1.29, 1.82) is 0 Å². The Balaban J connectivity index is 1.61. The van der Waals surface area contributed by atoms with E-state index < -0.39 is 0 Å². The van der Waals surface area contributed by atoms with Gasteiger partial charge in [0.1, 0.15) is 11.5 Å². The normalized spacial score (nSPS) is 14.0. The Morgan fingerprint density at radius 3 is 2.89 bits per heavy atom. The minimum Gasteiger partial charge on any atom is -0.398 e. The zero-order valence-electron chi connectivity index (χ0n) is 14.9. The van der Waals surface area contributed by atoms with Crippen LogP contribution in [0.1, 0.15) is 18.4 Å². The molecule has 0 aliphatic heterocycles. The van der Waals surface area contributed by atoms with Crippen LogP contribution in [0.2, 0.25) is 0 Å². The van der Waals surface area contributed by atoms with Crippen LogP contribution < -0.4 is 11.1 Å². The highest BCUT2D eigenvalue weighted by Gasteiger charge is 2.29. The van der Waals surface area contributed by atoms with Crippen LogP contribution in [-0.2, 0) is 4.79 Å². The van der Waals surface area contributed by atoms with Gasteiger partial charge in [0.15, 0.2) is 0 Å². The smallest absolute Gasteiger partial charge is 0.228 e. The minimum atomic E-state index is 0.0478. The number of carbonyl (C=O) groups is 1. The van der Waals surface area contributed by atoms with Crippen molar-refractivity contribution < 1.29 is 4.79 Å². The van der Waals surface area contributed by atoms with Crippen LogP contribution in [0.3, 0.4) is 0 Å². The van der Waals surface area contributed by atoms with Crippen molar-refractivity contribution in [3.05, 3.63) is 54.6 Å². The van der Waals surface area contributed by atoms with Gasteiger partial charge in [0.25, 0.3) is 0 Å². The van der Waals surface area contributed by atoms with E-state index in [0.717, 1.165) is 46.0 Å². The van der Waals surface area contributed by atoms with Gasteiger partial charge in [-0.3, -0.25) is 4.79 Å². The molecule has 1 amide bonds. The van der Waals surface area contributed by atoms with Crippen molar-refractivity contribution in [1.82, 2.24) is 14.4 Å². The quantitative estimate of drug-likeness (QED) is 0.546. The number of pyridine rings is 2. The highest BCUT2D eigenvalue weighted by molar-refractivity contribution is 6.00. The number of hydrogen-bond donors (Lipinski definition) is 2. The van der Waals surface area contributed by atoms with Crippen LogP contribution in [-0.4, -0.2) is 20.3 Å². The third-order valence-corrected chi connectivity index (χ3v) is 5.11. The molecule has 0 radical (unpaired) electrons. The number of carbonyl (C=O) groups excluding carboxylic acids is 1. The van der Waals surface area contributed by atoms with Crippen molar-refractivity contribution in [2.24, 2.45) is 5.92 Å². The Labute approximate surface area is 156 Å². The van der Waals surface area contributed by atoms with Crippen LogP contribution in [0.4, 0.5) is 11.5 Å². The molecule has 1 saturated carbocycles. The first-order valence-electron chi connectivity index (χ1n) is 9.02. The van der Waals surface area contributed by atoms with Crippen LogP contribution in [0, 0.1) is 12.8 Å². The zero-order valence-corrected chi connectivity index (χ0v) is 14.9. The van der Waals surface area contributed by atoms with Crippen molar-refractivity contribution >= 4 is 33.8 Å².